The Kier molecular flexibility index (Phi) is 8.45. The third kappa shape index (κ3) is 6.97. The average molecular weight is 406 g/mol. The molecule has 6 heteroatoms. The van der Waals surface area contributed by atoms with Crippen LogP contribution in [-0.2, 0) is 11.3 Å². The summed E-state index contributed by atoms with van der Waals surface area (Å²) in [7, 11) is 1.61. The van der Waals surface area contributed by atoms with Crippen molar-refractivity contribution < 1.29 is 19.0 Å². The quantitative estimate of drug-likeness (QED) is 0.618. The van der Waals surface area contributed by atoms with Crippen LogP contribution in [-0.4, -0.2) is 26.2 Å². The molecule has 2 rings (SSSR count). The van der Waals surface area contributed by atoms with Gasteiger partial charge in [-0.05, 0) is 60.7 Å². The molecule has 0 bridgehead atoms. The lowest BCUT2D eigenvalue weighted by Crippen LogP contribution is -2.28. The molecule has 0 radical (unpaired) electrons. The minimum Gasteiger partial charge on any atom is -0.493 e. The fourth-order valence-electron chi connectivity index (χ4n) is 2.45. The number of carbonyl (C=O) groups is 1. The summed E-state index contributed by atoms with van der Waals surface area (Å²) in [5.74, 6) is 2.35. The lowest BCUT2D eigenvalue weighted by Gasteiger charge is -2.13. The van der Waals surface area contributed by atoms with Gasteiger partial charge in [-0.25, -0.2) is 0 Å². The van der Waals surface area contributed by atoms with Gasteiger partial charge in [-0.1, -0.05) is 31.5 Å². The number of aryl methyl sites for hydroxylation is 1. The average Bonchev–Trinajstić information content (AvgIpc) is 2.67. The highest BCUT2D eigenvalue weighted by molar-refractivity contribution is 6.31. The van der Waals surface area contributed by atoms with E-state index in [1.807, 2.05) is 25.1 Å². The van der Waals surface area contributed by atoms with Crippen LogP contribution < -0.4 is 19.5 Å². The molecular formula is C22H28ClNO4. The third-order valence-corrected chi connectivity index (χ3v) is 4.59. The van der Waals surface area contributed by atoms with Crippen LogP contribution in [0.2, 0.25) is 5.02 Å². The normalized spacial score (nSPS) is 10.6. The van der Waals surface area contributed by atoms with Gasteiger partial charge < -0.3 is 19.5 Å². The Labute approximate surface area is 171 Å². The van der Waals surface area contributed by atoms with Crippen LogP contribution >= 0.6 is 11.6 Å². The Morgan fingerprint density at radius 1 is 1.11 bits per heavy atom. The van der Waals surface area contributed by atoms with Gasteiger partial charge in [0.1, 0.15) is 5.75 Å². The second-order valence-electron chi connectivity index (χ2n) is 6.99. The number of hydrogen-bond donors (Lipinski definition) is 1. The predicted octanol–water partition coefficient (Wildman–Crippen LogP) is 4.78. The molecule has 28 heavy (non-hydrogen) atoms. The van der Waals surface area contributed by atoms with E-state index in [2.05, 4.69) is 19.2 Å². The summed E-state index contributed by atoms with van der Waals surface area (Å²) in [5, 5.41) is 3.51. The standard InChI is InChI=1S/C22H28ClNO4/c1-15(2)9-10-27-20-8-5-17(12-21(20)26-4)13-24-22(25)14-28-18-6-7-19(23)16(3)11-18/h5-8,11-12,15H,9-10,13-14H2,1-4H3,(H,24,25). The van der Waals surface area contributed by atoms with Crippen molar-refractivity contribution in [2.24, 2.45) is 5.92 Å². The first kappa shape index (κ1) is 21.9. The van der Waals surface area contributed by atoms with Gasteiger partial charge in [-0.15, -0.1) is 0 Å². The van der Waals surface area contributed by atoms with Crippen molar-refractivity contribution in [2.75, 3.05) is 20.3 Å². The highest BCUT2D eigenvalue weighted by atomic mass is 35.5. The lowest BCUT2D eigenvalue weighted by atomic mass is 10.1. The Morgan fingerprint density at radius 3 is 2.57 bits per heavy atom. The summed E-state index contributed by atoms with van der Waals surface area (Å²) in [5.41, 5.74) is 1.83. The molecule has 0 unspecified atom stereocenters. The molecule has 0 aromatic heterocycles. The van der Waals surface area contributed by atoms with Crippen LogP contribution in [0.3, 0.4) is 0 Å². The molecule has 0 heterocycles. The first-order valence-corrected chi connectivity index (χ1v) is 9.72. The number of hydrogen-bond acceptors (Lipinski definition) is 4. The van der Waals surface area contributed by atoms with Crippen molar-refractivity contribution in [3.05, 3.63) is 52.5 Å². The van der Waals surface area contributed by atoms with E-state index in [1.54, 1.807) is 25.3 Å². The summed E-state index contributed by atoms with van der Waals surface area (Å²) in [6, 6.07) is 10.9. The summed E-state index contributed by atoms with van der Waals surface area (Å²) in [6.07, 6.45) is 0.980. The molecule has 2 aromatic carbocycles. The number of ether oxygens (including phenoxy) is 3. The number of halogens is 1. The molecule has 1 N–H and O–H groups in total. The number of carbonyl (C=O) groups excluding carboxylic acids is 1. The summed E-state index contributed by atoms with van der Waals surface area (Å²) >= 11 is 5.98. The maximum absolute atomic E-state index is 12.0. The van der Waals surface area contributed by atoms with Gasteiger partial charge >= 0.3 is 0 Å². The molecule has 0 aliphatic heterocycles. The van der Waals surface area contributed by atoms with E-state index >= 15 is 0 Å². The Balaban J connectivity index is 1.83. The van der Waals surface area contributed by atoms with Crippen LogP contribution in [0.25, 0.3) is 0 Å². The first-order valence-electron chi connectivity index (χ1n) is 9.34. The molecule has 0 saturated carbocycles. The van der Waals surface area contributed by atoms with Crippen molar-refractivity contribution in [2.45, 2.75) is 33.7 Å². The Hall–Kier alpha value is -2.40. The molecule has 2 aromatic rings. The molecule has 1 amide bonds. The third-order valence-electron chi connectivity index (χ3n) is 4.17. The second-order valence-corrected chi connectivity index (χ2v) is 7.40. The van der Waals surface area contributed by atoms with Crippen LogP contribution in [0.5, 0.6) is 17.2 Å². The number of amides is 1. The molecule has 0 aliphatic carbocycles. The SMILES string of the molecule is COc1cc(CNC(=O)COc2ccc(Cl)c(C)c2)ccc1OCCC(C)C. The molecule has 5 nitrogen and oxygen atoms in total. The van der Waals surface area contributed by atoms with E-state index in [9.17, 15) is 4.79 Å². The van der Waals surface area contributed by atoms with Gasteiger partial charge in [0.2, 0.25) is 0 Å². The summed E-state index contributed by atoms with van der Waals surface area (Å²) < 4.78 is 16.7. The van der Waals surface area contributed by atoms with Crippen LogP contribution in [0.1, 0.15) is 31.4 Å². The Bertz CT molecular complexity index is 792. The van der Waals surface area contributed by atoms with Crippen molar-refractivity contribution in [1.29, 1.82) is 0 Å². The number of nitrogens with one attached hydrogen (secondary N) is 1. The number of rotatable bonds is 10. The largest absolute Gasteiger partial charge is 0.493 e. The lowest BCUT2D eigenvalue weighted by molar-refractivity contribution is -0.123. The van der Waals surface area contributed by atoms with Gasteiger partial charge in [0, 0.05) is 11.6 Å². The molecule has 152 valence electrons. The molecule has 0 saturated heterocycles. The van der Waals surface area contributed by atoms with Crippen molar-refractivity contribution >= 4 is 17.5 Å². The minimum absolute atomic E-state index is 0.0609. The highest BCUT2D eigenvalue weighted by Gasteiger charge is 2.08. The van der Waals surface area contributed by atoms with Crippen molar-refractivity contribution in [3.8, 4) is 17.2 Å². The van der Waals surface area contributed by atoms with E-state index in [-0.39, 0.29) is 12.5 Å². The molecule has 0 fully saturated rings. The zero-order valence-electron chi connectivity index (χ0n) is 16.9. The predicted molar refractivity (Wildman–Crippen MR) is 111 cm³/mol. The van der Waals surface area contributed by atoms with E-state index in [0.29, 0.717) is 41.3 Å². The van der Waals surface area contributed by atoms with Crippen molar-refractivity contribution in [3.63, 3.8) is 0 Å². The second kappa shape index (κ2) is 10.8. The highest BCUT2D eigenvalue weighted by Crippen LogP contribution is 2.28. The summed E-state index contributed by atoms with van der Waals surface area (Å²) in [6.45, 7) is 7.16. The monoisotopic (exact) mass is 405 g/mol. The van der Waals surface area contributed by atoms with Crippen LogP contribution in [0.4, 0.5) is 0 Å². The maximum Gasteiger partial charge on any atom is 0.258 e. The van der Waals surface area contributed by atoms with E-state index in [4.69, 9.17) is 25.8 Å². The number of benzene rings is 2. The topological polar surface area (TPSA) is 56.8 Å². The van der Waals surface area contributed by atoms with Gasteiger partial charge in [0.15, 0.2) is 18.1 Å². The molecular weight excluding hydrogens is 378 g/mol. The van der Waals surface area contributed by atoms with Gasteiger partial charge in [0.05, 0.1) is 13.7 Å². The fraction of sp³-hybridized carbons (Fsp3) is 0.409. The van der Waals surface area contributed by atoms with Gasteiger partial charge in [0.25, 0.3) is 5.91 Å². The van der Waals surface area contributed by atoms with E-state index < -0.39 is 0 Å². The smallest absolute Gasteiger partial charge is 0.258 e. The molecule has 0 aliphatic rings. The molecule has 0 spiro atoms. The number of methoxy groups -OCH3 is 1. The first-order chi connectivity index (χ1) is 13.4. The van der Waals surface area contributed by atoms with E-state index in [0.717, 1.165) is 17.5 Å². The van der Waals surface area contributed by atoms with Crippen LogP contribution in [0, 0.1) is 12.8 Å². The van der Waals surface area contributed by atoms with Gasteiger partial charge in [-0.2, -0.15) is 0 Å². The summed E-state index contributed by atoms with van der Waals surface area (Å²) in [4.78, 5) is 12.0. The van der Waals surface area contributed by atoms with Crippen LogP contribution in [0.15, 0.2) is 36.4 Å². The Morgan fingerprint density at radius 2 is 1.89 bits per heavy atom. The van der Waals surface area contributed by atoms with E-state index in [1.165, 1.54) is 0 Å². The zero-order valence-corrected chi connectivity index (χ0v) is 17.6. The maximum atomic E-state index is 12.0. The molecule has 0 atom stereocenters. The zero-order chi connectivity index (χ0) is 20.5. The van der Waals surface area contributed by atoms with Gasteiger partial charge in [-0.3, -0.25) is 4.79 Å². The minimum atomic E-state index is -0.205. The van der Waals surface area contributed by atoms with Crippen molar-refractivity contribution in [1.82, 2.24) is 5.32 Å². The fourth-order valence-corrected chi connectivity index (χ4v) is 2.57.